The fourth-order valence-electron chi connectivity index (χ4n) is 2.27. The first kappa shape index (κ1) is 13.3. The first-order chi connectivity index (χ1) is 8.89. The van der Waals surface area contributed by atoms with E-state index in [9.17, 15) is 14.0 Å². The van der Waals surface area contributed by atoms with Gasteiger partial charge in [-0.15, -0.1) is 0 Å². The zero-order chi connectivity index (χ0) is 14.2. The second-order valence-corrected chi connectivity index (χ2v) is 4.69. The molecule has 0 spiro atoms. The third-order valence-corrected chi connectivity index (χ3v) is 3.43. The largest absolute Gasteiger partial charge is 0.493 e. The standard InChI is InChI=1S/C13H13FO5/c1-19-11-8(12(17)18)4-7(5-9(11)14)13(2-3-13)6-10(15)16/h4-5H,2-3,6H2,1H3,(H,15,16)(H,17,18). The number of hydrogen-bond acceptors (Lipinski definition) is 3. The fourth-order valence-corrected chi connectivity index (χ4v) is 2.27. The van der Waals surface area contributed by atoms with E-state index in [-0.39, 0.29) is 17.7 Å². The summed E-state index contributed by atoms with van der Waals surface area (Å²) < 4.78 is 18.6. The van der Waals surface area contributed by atoms with E-state index in [1.54, 1.807) is 0 Å². The number of rotatable bonds is 5. The first-order valence-corrected chi connectivity index (χ1v) is 5.73. The van der Waals surface area contributed by atoms with Gasteiger partial charge in [0.2, 0.25) is 0 Å². The van der Waals surface area contributed by atoms with Crippen LogP contribution >= 0.6 is 0 Å². The highest BCUT2D eigenvalue weighted by molar-refractivity contribution is 5.91. The number of benzene rings is 1. The van der Waals surface area contributed by atoms with Crippen molar-refractivity contribution in [1.82, 2.24) is 0 Å². The van der Waals surface area contributed by atoms with Gasteiger partial charge in [-0.3, -0.25) is 4.79 Å². The molecule has 0 aliphatic heterocycles. The van der Waals surface area contributed by atoms with E-state index in [2.05, 4.69) is 0 Å². The average Bonchev–Trinajstić information content (AvgIpc) is 3.07. The van der Waals surface area contributed by atoms with Crippen molar-refractivity contribution >= 4 is 11.9 Å². The van der Waals surface area contributed by atoms with Crippen molar-refractivity contribution in [3.05, 3.63) is 29.1 Å². The third-order valence-electron chi connectivity index (χ3n) is 3.43. The van der Waals surface area contributed by atoms with Crippen LogP contribution in [-0.4, -0.2) is 29.3 Å². The molecule has 0 radical (unpaired) electrons. The molecule has 0 aromatic heterocycles. The van der Waals surface area contributed by atoms with Crippen LogP contribution in [0.3, 0.4) is 0 Å². The van der Waals surface area contributed by atoms with Gasteiger partial charge in [0.05, 0.1) is 13.5 Å². The molecule has 2 N–H and O–H groups in total. The van der Waals surface area contributed by atoms with Crippen LogP contribution in [0.25, 0.3) is 0 Å². The first-order valence-electron chi connectivity index (χ1n) is 5.73. The second-order valence-electron chi connectivity index (χ2n) is 4.69. The van der Waals surface area contributed by atoms with Gasteiger partial charge in [0.15, 0.2) is 11.6 Å². The van der Waals surface area contributed by atoms with Crippen molar-refractivity contribution < 1.29 is 28.9 Å². The molecule has 0 saturated heterocycles. The van der Waals surface area contributed by atoms with Gasteiger partial charge in [0.1, 0.15) is 5.56 Å². The van der Waals surface area contributed by atoms with Crippen LogP contribution in [0.2, 0.25) is 0 Å². The number of carboxylic acids is 2. The quantitative estimate of drug-likeness (QED) is 0.853. The van der Waals surface area contributed by atoms with Crippen LogP contribution in [0.1, 0.15) is 35.2 Å². The Morgan fingerprint density at radius 2 is 2.00 bits per heavy atom. The lowest BCUT2D eigenvalue weighted by Crippen LogP contribution is -2.15. The van der Waals surface area contributed by atoms with E-state index < -0.39 is 23.2 Å². The van der Waals surface area contributed by atoms with Crippen LogP contribution in [0.15, 0.2) is 12.1 Å². The molecule has 19 heavy (non-hydrogen) atoms. The summed E-state index contributed by atoms with van der Waals surface area (Å²) in [5, 5.41) is 17.9. The molecule has 1 saturated carbocycles. The summed E-state index contributed by atoms with van der Waals surface area (Å²) in [4.78, 5) is 21.9. The molecule has 1 fully saturated rings. The maximum absolute atomic E-state index is 13.8. The van der Waals surface area contributed by atoms with E-state index in [0.29, 0.717) is 18.4 Å². The molecule has 1 aliphatic carbocycles. The van der Waals surface area contributed by atoms with Gasteiger partial charge in [-0.05, 0) is 30.5 Å². The van der Waals surface area contributed by atoms with E-state index in [0.717, 1.165) is 0 Å². The van der Waals surface area contributed by atoms with Crippen LogP contribution < -0.4 is 4.74 Å². The topological polar surface area (TPSA) is 83.8 Å². The minimum absolute atomic E-state index is 0.127. The highest BCUT2D eigenvalue weighted by Gasteiger charge is 2.46. The van der Waals surface area contributed by atoms with Gasteiger partial charge in [0.25, 0.3) is 0 Å². The Morgan fingerprint density at radius 3 is 2.42 bits per heavy atom. The summed E-state index contributed by atoms with van der Waals surface area (Å²) in [5.74, 6) is -3.40. The number of hydrogen-bond donors (Lipinski definition) is 2. The number of aromatic carboxylic acids is 1. The van der Waals surface area contributed by atoms with Gasteiger partial charge in [-0.25, -0.2) is 9.18 Å². The summed E-state index contributed by atoms with van der Waals surface area (Å²) in [6.45, 7) is 0. The van der Waals surface area contributed by atoms with Crippen molar-refractivity contribution in [3.8, 4) is 5.75 Å². The third kappa shape index (κ3) is 2.38. The molecule has 0 unspecified atom stereocenters. The van der Waals surface area contributed by atoms with Gasteiger partial charge < -0.3 is 14.9 Å². The van der Waals surface area contributed by atoms with Gasteiger partial charge in [-0.1, -0.05) is 0 Å². The van der Waals surface area contributed by atoms with E-state index in [4.69, 9.17) is 14.9 Å². The Hall–Kier alpha value is -2.11. The van der Waals surface area contributed by atoms with Crippen molar-refractivity contribution in [3.63, 3.8) is 0 Å². The highest BCUT2D eigenvalue weighted by atomic mass is 19.1. The maximum Gasteiger partial charge on any atom is 0.339 e. The second kappa shape index (κ2) is 4.53. The SMILES string of the molecule is COc1c(F)cc(C2(CC(=O)O)CC2)cc1C(=O)O. The molecule has 0 heterocycles. The van der Waals surface area contributed by atoms with Crippen LogP contribution in [0.4, 0.5) is 4.39 Å². The number of carboxylic acid groups (broad SMARTS) is 2. The minimum atomic E-state index is -1.30. The molecule has 1 aliphatic rings. The summed E-state index contributed by atoms with van der Waals surface area (Å²) in [5.41, 5.74) is -0.511. The predicted octanol–water partition coefficient (Wildman–Crippen LogP) is 2.04. The Balaban J connectivity index is 2.49. The van der Waals surface area contributed by atoms with Crippen molar-refractivity contribution in [1.29, 1.82) is 0 Å². The number of ether oxygens (including phenoxy) is 1. The van der Waals surface area contributed by atoms with E-state index in [1.807, 2.05) is 0 Å². The minimum Gasteiger partial charge on any atom is -0.493 e. The normalized spacial score (nSPS) is 15.9. The zero-order valence-electron chi connectivity index (χ0n) is 10.3. The number of aliphatic carboxylic acids is 1. The number of methoxy groups -OCH3 is 1. The van der Waals surface area contributed by atoms with Crippen molar-refractivity contribution in [2.75, 3.05) is 7.11 Å². The predicted molar refractivity (Wildman–Crippen MR) is 63.1 cm³/mol. The lowest BCUT2D eigenvalue weighted by atomic mass is 9.90. The molecule has 1 aromatic carbocycles. The molecule has 0 bridgehead atoms. The molecule has 1 aromatic rings. The van der Waals surface area contributed by atoms with Crippen LogP contribution in [-0.2, 0) is 10.2 Å². The molecule has 6 heteroatoms. The average molecular weight is 268 g/mol. The Labute approximate surface area is 108 Å². The smallest absolute Gasteiger partial charge is 0.339 e. The van der Waals surface area contributed by atoms with Gasteiger partial charge in [0, 0.05) is 5.41 Å². The number of carbonyl (C=O) groups is 2. The summed E-state index contributed by atoms with van der Waals surface area (Å²) in [6.07, 6.45) is 1.10. The molecular formula is C13H13FO5. The van der Waals surface area contributed by atoms with Crippen LogP contribution in [0.5, 0.6) is 5.75 Å². The summed E-state index contributed by atoms with van der Waals surface area (Å²) >= 11 is 0. The molecule has 0 atom stereocenters. The maximum atomic E-state index is 13.8. The van der Waals surface area contributed by atoms with Crippen LogP contribution in [0, 0.1) is 5.82 Å². The lowest BCUT2D eigenvalue weighted by Gasteiger charge is -2.16. The van der Waals surface area contributed by atoms with Gasteiger partial charge >= 0.3 is 11.9 Å². The zero-order valence-corrected chi connectivity index (χ0v) is 10.3. The molecule has 2 rings (SSSR count). The molecular weight excluding hydrogens is 255 g/mol. The monoisotopic (exact) mass is 268 g/mol. The fraction of sp³-hybridized carbons (Fsp3) is 0.385. The Morgan fingerprint density at radius 1 is 1.37 bits per heavy atom. The van der Waals surface area contributed by atoms with E-state index in [1.165, 1.54) is 19.2 Å². The highest BCUT2D eigenvalue weighted by Crippen LogP contribution is 2.52. The van der Waals surface area contributed by atoms with Crippen molar-refractivity contribution in [2.45, 2.75) is 24.7 Å². The van der Waals surface area contributed by atoms with Crippen molar-refractivity contribution in [2.24, 2.45) is 0 Å². The summed E-state index contributed by atoms with van der Waals surface area (Å²) in [6, 6.07) is 2.47. The molecule has 5 nitrogen and oxygen atoms in total. The summed E-state index contributed by atoms with van der Waals surface area (Å²) in [7, 11) is 1.19. The lowest BCUT2D eigenvalue weighted by molar-refractivity contribution is -0.137. The Kier molecular flexibility index (Phi) is 3.18. The number of halogens is 1. The molecule has 102 valence electrons. The Bertz CT molecular complexity index is 548. The molecule has 0 amide bonds. The van der Waals surface area contributed by atoms with E-state index >= 15 is 0 Å². The van der Waals surface area contributed by atoms with Gasteiger partial charge in [-0.2, -0.15) is 0 Å².